The molecule has 3 saturated heterocycles. The van der Waals surface area contributed by atoms with Crippen molar-refractivity contribution in [3.05, 3.63) is 160 Å². The first kappa shape index (κ1) is 78.6. The molecular weight excluding hydrogens is 1580 g/mol. The van der Waals surface area contributed by atoms with Crippen LogP contribution in [-0.2, 0) is 37.1 Å². The maximum Gasteiger partial charge on any atom is 0.416 e. The minimum Gasteiger partial charge on any atom is -0.347 e. The van der Waals surface area contributed by atoms with Crippen molar-refractivity contribution in [1.82, 2.24) is 71.9 Å². The molecule has 3 aromatic carbocycles. The molecule has 0 unspecified atom stereocenters. The van der Waals surface area contributed by atoms with Crippen LogP contribution in [0.2, 0.25) is 0 Å². The largest absolute Gasteiger partial charge is 0.416 e. The van der Waals surface area contributed by atoms with E-state index in [2.05, 4.69) is 74.3 Å². The molecule has 3 aliphatic heterocycles. The fourth-order valence-corrected chi connectivity index (χ4v) is 14.5. The molecule has 12 heterocycles. The molecule has 3 N–H and O–H groups in total. The Labute approximate surface area is 623 Å². The third-order valence-electron chi connectivity index (χ3n) is 17.7. The normalized spacial score (nSPS) is 19.0. The number of aryl methyl sites for hydroxylation is 3. The van der Waals surface area contributed by atoms with Gasteiger partial charge in [-0.2, -0.15) is 107 Å². The van der Waals surface area contributed by atoms with Crippen LogP contribution >= 0.6 is 34.6 Å². The Hall–Kier alpha value is -10.5. The topological polar surface area (TPSA) is 214 Å². The third kappa shape index (κ3) is 18.0. The Balaban J connectivity index is 0.000000146. The van der Waals surface area contributed by atoms with Gasteiger partial charge in [0.2, 0.25) is 33.2 Å². The Morgan fingerprint density at radius 3 is 0.775 bits per heavy atom. The molecule has 588 valence electrons. The van der Waals surface area contributed by atoms with Crippen molar-refractivity contribution >= 4 is 84.8 Å². The monoisotopic (exact) mass is 1640 g/mol. The van der Waals surface area contributed by atoms with Crippen LogP contribution in [0.3, 0.4) is 0 Å². The molecule has 9 aromatic heterocycles. The molecule has 15 rings (SSSR count). The van der Waals surface area contributed by atoms with E-state index in [1.165, 1.54) is 103 Å². The maximum atomic E-state index is 15.0. The van der Waals surface area contributed by atoms with Crippen molar-refractivity contribution < 1.29 is 92.2 Å². The van der Waals surface area contributed by atoms with Gasteiger partial charge in [-0.3, -0.25) is 0 Å². The molecule has 12 aromatic rings. The highest BCUT2D eigenvalue weighted by Crippen LogP contribution is 2.44. The van der Waals surface area contributed by atoms with Gasteiger partial charge in [0, 0.05) is 89.5 Å². The van der Waals surface area contributed by atoms with Crippen LogP contribution in [0.4, 0.5) is 125 Å². The Kier molecular flexibility index (Phi) is 21.5. The standard InChI is InChI=1S/3C22H18F7N7S/c3*1-11-30-20(37-34-11)35-6-4-17(16(23)10-35)31-19-32-18-15(3-2-5-36(18)33-19)12-7-13(21(24,25)26)9-14(8-12)22(27,28)29/h3*2-3,5,7-9,16-17H,4,6,10H2,1H3,(H,31,33)/t2*16-,17+;16-,17-/m100/s1. The molecule has 0 radical (unpaired) electrons. The summed E-state index contributed by atoms with van der Waals surface area (Å²) in [5.41, 5.74) is -9.48. The summed E-state index contributed by atoms with van der Waals surface area (Å²) in [5, 5.41) is 23.2. The van der Waals surface area contributed by atoms with Crippen LogP contribution in [-0.4, -0.2) is 148 Å². The first-order valence-electron chi connectivity index (χ1n) is 33.0. The predicted molar refractivity (Wildman–Crippen MR) is 367 cm³/mol. The van der Waals surface area contributed by atoms with Crippen LogP contribution in [0.15, 0.2) is 110 Å². The molecule has 0 amide bonds. The number of benzene rings is 3. The summed E-state index contributed by atoms with van der Waals surface area (Å²) >= 11 is 3.54. The number of fused-ring (bicyclic) bond motifs is 3. The molecular formula is C66H54F21N21S3. The van der Waals surface area contributed by atoms with Crippen LogP contribution in [0.5, 0.6) is 0 Å². The van der Waals surface area contributed by atoms with Gasteiger partial charge >= 0.3 is 37.1 Å². The SMILES string of the molecule is Cc1nsc(N2CC[C@@H](Nc3nc4c(-c5cc(C(F)(F)F)cc(C(F)(F)F)c5)cccn4n3)[C@@H](F)C2)n1.Cc1nsc(N2CC[C@H](Nc3nc4c(-c5cc(C(F)(F)F)cc(C(F)(F)F)c5)cccn4n3)[C@@H](F)C2)n1.Cc1nsc(N2CC[C@H](Nc3nc4c(-c5cc(C(F)(F)F)cc(C(F)(F)F)c5)cccn4n3)[C@H](F)C2)n1. The zero-order chi connectivity index (χ0) is 79.6. The summed E-state index contributed by atoms with van der Waals surface area (Å²) in [6.45, 7) is 6.91. The van der Waals surface area contributed by atoms with Crippen molar-refractivity contribution in [2.45, 2.75) is 114 Å². The molecule has 3 fully saturated rings. The number of alkyl halides is 21. The lowest BCUT2D eigenvalue weighted by Crippen LogP contribution is -2.48. The molecule has 0 bridgehead atoms. The molecule has 111 heavy (non-hydrogen) atoms. The van der Waals surface area contributed by atoms with Gasteiger partial charge < -0.3 is 30.7 Å². The van der Waals surface area contributed by atoms with E-state index in [0.717, 1.165) is 0 Å². The second kappa shape index (κ2) is 30.3. The number of piperidine rings is 3. The highest BCUT2D eigenvalue weighted by atomic mass is 32.1. The minimum atomic E-state index is -4.99. The summed E-state index contributed by atoms with van der Waals surface area (Å²) in [5.74, 6) is 1.81. The average Bonchev–Trinajstić information content (AvgIpc) is 1.72. The number of halogens is 21. The van der Waals surface area contributed by atoms with E-state index in [1.807, 2.05) is 0 Å². The lowest BCUT2D eigenvalue weighted by molar-refractivity contribution is -0.144. The Bertz CT molecular complexity index is 4700. The number of rotatable bonds is 12. The summed E-state index contributed by atoms with van der Waals surface area (Å²) < 4.78 is 301. The summed E-state index contributed by atoms with van der Waals surface area (Å²) in [6.07, 6.45) is -28.4. The van der Waals surface area contributed by atoms with Crippen LogP contribution in [0.1, 0.15) is 70.1 Å². The lowest BCUT2D eigenvalue weighted by Gasteiger charge is -2.34. The minimum absolute atomic E-state index is 0.00308. The predicted octanol–water partition coefficient (Wildman–Crippen LogP) is 16.9. The number of nitrogens with zero attached hydrogens (tertiary/aromatic N) is 18. The number of nitrogens with one attached hydrogen (secondary N) is 3. The fraction of sp³-hybridized carbons (Fsp3) is 0.364. The van der Waals surface area contributed by atoms with Crippen molar-refractivity contribution in [2.24, 2.45) is 0 Å². The summed E-state index contributed by atoms with van der Waals surface area (Å²) in [4.78, 5) is 30.9. The molecule has 0 spiro atoms. The van der Waals surface area contributed by atoms with E-state index < -0.39 is 107 Å². The average molecular weight is 1640 g/mol. The van der Waals surface area contributed by atoms with E-state index >= 15 is 0 Å². The Morgan fingerprint density at radius 1 is 0.342 bits per heavy atom. The number of hydrogen-bond acceptors (Lipinski definition) is 21. The van der Waals surface area contributed by atoms with Crippen LogP contribution in [0.25, 0.3) is 50.3 Å². The van der Waals surface area contributed by atoms with Gasteiger partial charge in [0.25, 0.3) is 0 Å². The summed E-state index contributed by atoms with van der Waals surface area (Å²) in [7, 11) is 0. The molecule has 3 aliphatic rings. The van der Waals surface area contributed by atoms with Crippen molar-refractivity contribution in [3.63, 3.8) is 0 Å². The molecule has 0 aliphatic carbocycles. The molecule has 0 saturated carbocycles. The van der Waals surface area contributed by atoms with Crippen LogP contribution < -0.4 is 30.7 Å². The second-order valence-corrected chi connectivity index (χ2v) is 27.8. The second-order valence-electron chi connectivity index (χ2n) is 25.6. The van der Waals surface area contributed by atoms with Gasteiger partial charge in [-0.25, -0.2) is 41.7 Å². The lowest BCUT2D eigenvalue weighted by atomic mass is 10.00. The maximum absolute atomic E-state index is 15.0. The number of hydrogen-bond donors (Lipinski definition) is 3. The van der Waals surface area contributed by atoms with Crippen molar-refractivity contribution in [3.8, 4) is 33.4 Å². The van der Waals surface area contributed by atoms with E-state index in [1.54, 1.807) is 35.5 Å². The molecule has 6 atom stereocenters. The zero-order valence-electron chi connectivity index (χ0n) is 56.9. The third-order valence-corrected chi connectivity index (χ3v) is 20.3. The van der Waals surface area contributed by atoms with E-state index in [-0.39, 0.29) is 106 Å². The summed E-state index contributed by atoms with van der Waals surface area (Å²) in [6, 6.07) is 10.4. The number of aromatic nitrogens is 15. The van der Waals surface area contributed by atoms with Gasteiger partial charge in [-0.15, -0.1) is 15.3 Å². The van der Waals surface area contributed by atoms with E-state index in [9.17, 15) is 92.2 Å². The highest BCUT2D eigenvalue weighted by Gasteiger charge is 2.42. The fourth-order valence-electron chi connectivity index (χ4n) is 12.4. The van der Waals surface area contributed by atoms with E-state index in [4.69, 9.17) is 0 Å². The van der Waals surface area contributed by atoms with Gasteiger partial charge in [-0.1, -0.05) is 0 Å². The van der Waals surface area contributed by atoms with E-state index in [0.29, 0.717) is 108 Å². The van der Waals surface area contributed by atoms with Gasteiger partial charge in [-0.05, 0) is 148 Å². The van der Waals surface area contributed by atoms with Gasteiger partial charge in [0.05, 0.1) is 71.1 Å². The molecule has 45 heteroatoms. The first-order valence-corrected chi connectivity index (χ1v) is 35.3. The number of pyridine rings is 3. The van der Waals surface area contributed by atoms with Gasteiger partial charge in [0.15, 0.2) is 16.9 Å². The smallest absolute Gasteiger partial charge is 0.347 e. The Morgan fingerprint density at radius 2 is 0.577 bits per heavy atom. The highest BCUT2D eigenvalue weighted by molar-refractivity contribution is 7.10. The van der Waals surface area contributed by atoms with Crippen molar-refractivity contribution in [1.29, 1.82) is 0 Å². The van der Waals surface area contributed by atoms with Crippen LogP contribution in [0, 0.1) is 20.8 Å². The molecule has 21 nitrogen and oxygen atoms in total. The van der Waals surface area contributed by atoms with Gasteiger partial charge in [0.1, 0.15) is 36.0 Å². The quantitative estimate of drug-likeness (QED) is 0.0970. The first-order chi connectivity index (χ1) is 52.1. The van der Waals surface area contributed by atoms with Crippen molar-refractivity contribution in [2.75, 3.05) is 69.9 Å². The zero-order valence-corrected chi connectivity index (χ0v) is 59.4. The number of anilines is 6.